The molecule has 2 N–H and O–H groups in total. The summed E-state index contributed by atoms with van der Waals surface area (Å²) < 4.78 is 10.1. The van der Waals surface area contributed by atoms with Gasteiger partial charge in [-0.2, -0.15) is 0 Å². The van der Waals surface area contributed by atoms with E-state index >= 15 is 0 Å². The van der Waals surface area contributed by atoms with E-state index in [-0.39, 0.29) is 19.6 Å². The first-order valence-electron chi connectivity index (χ1n) is 9.22. The molecule has 7 nitrogen and oxygen atoms in total. The maximum atomic E-state index is 12.3. The third-order valence-corrected chi connectivity index (χ3v) is 4.45. The Balaban J connectivity index is 2.05. The maximum absolute atomic E-state index is 12.3. The van der Waals surface area contributed by atoms with Crippen LogP contribution < -0.4 is 5.73 Å². The molecule has 2 aromatic heterocycles. The van der Waals surface area contributed by atoms with Gasteiger partial charge in [-0.15, -0.1) is 0 Å². The van der Waals surface area contributed by atoms with Crippen LogP contribution in [-0.4, -0.2) is 35.1 Å². The number of nitrogens with zero attached hydrogens (tertiary/aromatic N) is 2. The first-order chi connectivity index (χ1) is 13.4. The number of rotatable bonds is 6. The Hall–Kier alpha value is -3.22. The predicted molar refractivity (Wildman–Crippen MR) is 107 cm³/mol. The highest BCUT2D eigenvalue weighted by molar-refractivity contribution is 6.08. The van der Waals surface area contributed by atoms with Crippen LogP contribution in [0.2, 0.25) is 0 Å². The molecule has 0 atom stereocenters. The highest BCUT2D eigenvalue weighted by atomic mass is 16.6. The van der Waals surface area contributed by atoms with Crippen molar-refractivity contribution in [2.75, 3.05) is 18.9 Å². The Morgan fingerprint density at radius 3 is 2.39 bits per heavy atom. The van der Waals surface area contributed by atoms with Crippen LogP contribution in [0, 0.1) is 12.8 Å². The summed E-state index contributed by atoms with van der Waals surface area (Å²) in [7, 11) is 0. The molecular weight excluding hydrogens is 358 g/mol. The van der Waals surface area contributed by atoms with Crippen molar-refractivity contribution in [2.24, 2.45) is 5.92 Å². The van der Waals surface area contributed by atoms with Crippen molar-refractivity contribution in [3.63, 3.8) is 0 Å². The van der Waals surface area contributed by atoms with E-state index in [1.54, 1.807) is 20.0 Å². The van der Waals surface area contributed by atoms with E-state index < -0.39 is 17.9 Å². The lowest BCUT2D eigenvalue weighted by Crippen LogP contribution is -2.30. The molecule has 0 radical (unpaired) electrons. The molecule has 0 saturated heterocycles. The Morgan fingerprint density at radius 1 is 1.07 bits per heavy atom. The van der Waals surface area contributed by atoms with Gasteiger partial charge in [0.2, 0.25) is 0 Å². The molecular formula is C21H23N3O4. The number of carbonyl (C=O) groups is 2. The SMILES string of the molecule is CCOC(=O)C(Cc1cnc2c(N)nc3cc(C)ccc3c2c1)C(=O)OCC. The largest absolute Gasteiger partial charge is 0.465 e. The van der Waals surface area contributed by atoms with E-state index in [0.29, 0.717) is 16.9 Å². The molecule has 146 valence electrons. The van der Waals surface area contributed by atoms with Gasteiger partial charge in [0.05, 0.1) is 18.7 Å². The summed E-state index contributed by atoms with van der Waals surface area (Å²) in [5.74, 6) is -1.90. The molecule has 0 fully saturated rings. The van der Waals surface area contributed by atoms with Crippen molar-refractivity contribution in [1.29, 1.82) is 0 Å². The number of ether oxygens (including phenoxy) is 2. The van der Waals surface area contributed by atoms with Gasteiger partial charge in [0.25, 0.3) is 0 Å². The molecule has 0 spiro atoms. The zero-order valence-electron chi connectivity index (χ0n) is 16.2. The zero-order chi connectivity index (χ0) is 20.3. The van der Waals surface area contributed by atoms with E-state index in [4.69, 9.17) is 15.2 Å². The number of anilines is 1. The topological polar surface area (TPSA) is 104 Å². The van der Waals surface area contributed by atoms with Crippen LogP contribution in [0.3, 0.4) is 0 Å². The van der Waals surface area contributed by atoms with Crippen LogP contribution in [-0.2, 0) is 25.5 Å². The number of carbonyl (C=O) groups excluding carboxylic acids is 2. The Labute approximate surface area is 162 Å². The highest BCUT2D eigenvalue weighted by Crippen LogP contribution is 2.28. The van der Waals surface area contributed by atoms with Gasteiger partial charge in [-0.1, -0.05) is 12.1 Å². The van der Waals surface area contributed by atoms with Crippen molar-refractivity contribution < 1.29 is 19.1 Å². The normalized spacial score (nSPS) is 11.1. The number of fused-ring (bicyclic) bond motifs is 3. The second-order valence-corrected chi connectivity index (χ2v) is 6.52. The van der Waals surface area contributed by atoms with E-state index in [1.807, 2.05) is 31.2 Å². The Bertz CT molecular complexity index is 1030. The minimum atomic E-state index is -1.04. The lowest BCUT2D eigenvalue weighted by Gasteiger charge is -2.15. The highest BCUT2D eigenvalue weighted by Gasteiger charge is 2.30. The number of hydrogen-bond acceptors (Lipinski definition) is 7. The summed E-state index contributed by atoms with van der Waals surface area (Å²) >= 11 is 0. The van der Waals surface area contributed by atoms with Crippen molar-refractivity contribution in [3.05, 3.63) is 41.6 Å². The molecule has 3 rings (SSSR count). The maximum Gasteiger partial charge on any atom is 0.320 e. The molecule has 0 aliphatic carbocycles. The first-order valence-corrected chi connectivity index (χ1v) is 9.22. The number of esters is 2. The van der Waals surface area contributed by atoms with Crippen molar-refractivity contribution in [2.45, 2.75) is 27.2 Å². The second kappa shape index (κ2) is 8.21. The zero-order valence-corrected chi connectivity index (χ0v) is 16.2. The molecule has 0 aliphatic heterocycles. The van der Waals surface area contributed by atoms with Gasteiger partial charge in [-0.25, -0.2) is 4.98 Å². The number of hydrogen-bond donors (Lipinski definition) is 1. The summed E-state index contributed by atoms with van der Waals surface area (Å²) in [6, 6.07) is 7.81. The summed E-state index contributed by atoms with van der Waals surface area (Å²) in [5.41, 5.74) is 9.23. The molecule has 28 heavy (non-hydrogen) atoms. The van der Waals surface area contributed by atoms with Gasteiger partial charge in [0.15, 0.2) is 11.7 Å². The van der Waals surface area contributed by atoms with Crippen LogP contribution in [0.5, 0.6) is 0 Å². The van der Waals surface area contributed by atoms with Crippen LogP contribution in [0.4, 0.5) is 5.82 Å². The van der Waals surface area contributed by atoms with Gasteiger partial charge in [-0.05, 0) is 50.5 Å². The lowest BCUT2D eigenvalue weighted by molar-refractivity contribution is -0.161. The number of benzene rings is 1. The quantitative estimate of drug-likeness (QED) is 0.398. The standard InChI is InChI=1S/C21H23N3O4/c1-4-27-20(25)16(21(26)28-5-2)10-13-9-15-14-7-6-12(3)8-17(14)24-19(22)18(15)23-11-13/h6-9,11,16H,4-5,10H2,1-3H3,(H2,22,24). The summed E-state index contributed by atoms with van der Waals surface area (Å²) in [5, 5.41) is 1.74. The van der Waals surface area contributed by atoms with E-state index in [0.717, 1.165) is 21.9 Å². The third-order valence-electron chi connectivity index (χ3n) is 4.45. The van der Waals surface area contributed by atoms with Gasteiger partial charge < -0.3 is 15.2 Å². The van der Waals surface area contributed by atoms with E-state index in [9.17, 15) is 9.59 Å². The number of nitrogen functional groups attached to an aromatic ring is 1. The first kappa shape index (κ1) is 19.5. The van der Waals surface area contributed by atoms with E-state index in [2.05, 4.69) is 9.97 Å². The average Bonchev–Trinajstić information content (AvgIpc) is 2.66. The number of pyridine rings is 2. The minimum absolute atomic E-state index is 0.135. The summed E-state index contributed by atoms with van der Waals surface area (Å²) in [6.45, 7) is 5.76. The van der Waals surface area contributed by atoms with Crippen LogP contribution >= 0.6 is 0 Å². The minimum Gasteiger partial charge on any atom is -0.465 e. The molecule has 0 aliphatic rings. The molecule has 0 unspecified atom stereocenters. The third kappa shape index (κ3) is 3.88. The Kier molecular flexibility index (Phi) is 5.73. The van der Waals surface area contributed by atoms with Crippen molar-refractivity contribution in [1.82, 2.24) is 9.97 Å². The smallest absolute Gasteiger partial charge is 0.320 e. The molecule has 0 saturated carbocycles. The van der Waals surface area contributed by atoms with Crippen molar-refractivity contribution >= 4 is 39.6 Å². The summed E-state index contributed by atoms with van der Waals surface area (Å²) in [4.78, 5) is 33.4. The van der Waals surface area contributed by atoms with Crippen LogP contribution in [0.15, 0.2) is 30.5 Å². The van der Waals surface area contributed by atoms with Gasteiger partial charge in [-0.3, -0.25) is 14.6 Å². The average molecular weight is 381 g/mol. The van der Waals surface area contributed by atoms with Gasteiger partial charge in [0.1, 0.15) is 5.52 Å². The molecule has 0 amide bonds. The molecule has 1 aromatic carbocycles. The van der Waals surface area contributed by atoms with E-state index in [1.165, 1.54) is 0 Å². The predicted octanol–water partition coefficient (Wildman–Crippen LogP) is 2.96. The molecule has 7 heteroatoms. The van der Waals surface area contributed by atoms with Crippen molar-refractivity contribution in [3.8, 4) is 0 Å². The second-order valence-electron chi connectivity index (χ2n) is 6.52. The van der Waals surface area contributed by atoms with Crippen LogP contribution in [0.25, 0.3) is 21.8 Å². The Morgan fingerprint density at radius 2 is 1.75 bits per heavy atom. The lowest BCUT2D eigenvalue weighted by atomic mass is 9.98. The fourth-order valence-electron chi connectivity index (χ4n) is 3.16. The van der Waals surface area contributed by atoms with Gasteiger partial charge in [0, 0.05) is 17.0 Å². The van der Waals surface area contributed by atoms with Crippen LogP contribution in [0.1, 0.15) is 25.0 Å². The molecule has 0 bridgehead atoms. The summed E-state index contributed by atoms with van der Waals surface area (Å²) in [6.07, 6.45) is 1.74. The molecule has 3 aromatic rings. The molecule has 2 heterocycles. The number of nitrogens with two attached hydrogens (primary N) is 1. The van der Waals surface area contributed by atoms with Gasteiger partial charge >= 0.3 is 11.9 Å². The number of aromatic nitrogens is 2. The fraction of sp³-hybridized carbons (Fsp3) is 0.333. The monoisotopic (exact) mass is 381 g/mol. The number of aryl methyl sites for hydroxylation is 1. The fourth-order valence-corrected chi connectivity index (χ4v) is 3.16.